The van der Waals surface area contributed by atoms with Crippen LogP contribution >= 0.6 is 0 Å². The SMILES string of the molecule is CC(C)CCC(C)NS(=O)(=O)c1ccn[nH]1. The van der Waals surface area contributed by atoms with Crippen molar-refractivity contribution in [3.63, 3.8) is 0 Å². The fourth-order valence-electron chi connectivity index (χ4n) is 1.36. The zero-order valence-corrected chi connectivity index (χ0v) is 10.7. The molecule has 1 atom stereocenters. The van der Waals surface area contributed by atoms with Crippen LogP contribution in [0, 0.1) is 5.92 Å². The van der Waals surface area contributed by atoms with Crippen molar-refractivity contribution in [2.45, 2.75) is 44.7 Å². The van der Waals surface area contributed by atoms with E-state index < -0.39 is 10.0 Å². The van der Waals surface area contributed by atoms with E-state index in [0.717, 1.165) is 12.8 Å². The summed E-state index contributed by atoms with van der Waals surface area (Å²) in [5, 5.41) is 6.19. The van der Waals surface area contributed by atoms with Crippen molar-refractivity contribution in [2.24, 2.45) is 5.92 Å². The zero-order chi connectivity index (χ0) is 12.2. The molecule has 0 saturated carbocycles. The minimum Gasteiger partial charge on any atom is -0.266 e. The van der Waals surface area contributed by atoms with Gasteiger partial charge >= 0.3 is 0 Å². The van der Waals surface area contributed by atoms with Gasteiger partial charge in [-0.25, -0.2) is 13.1 Å². The quantitative estimate of drug-likeness (QED) is 0.797. The third kappa shape index (κ3) is 3.94. The second-order valence-corrected chi connectivity index (χ2v) is 6.10. The first kappa shape index (κ1) is 13.2. The molecule has 1 unspecified atom stereocenters. The Balaban J connectivity index is 2.54. The average molecular weight is 245 g/mol. The topological polar surface area (TPSA) is 74.8 Å². The number of nitrogens with zero attached hydrogens (tertiary/aromatic N) is 1. The minimum atomic E-state index is -3.43. The van der Waals surface area contributed by atoms with Crippen LogP contribution in [0.4, 0.5) is 0 Å². The van der Waals surface area contributed by atoms with Crippen LogP contribution in [-0.4, -0.2) is 24.7 Å². The van der Waals surface area contributed by atoms with Crippen LogP contribution in [0.1, 0.15) is 33.6 Å². The third-order valence-electron chi connectivity index (χ3n) is 2.30. The van der Waals surface area contributed by atoms with Gasteiger partial charge in [0.15, 0.2) is 5.03 Å². The van der Waals surface area contributed by atoms with Crippen molar-refractivity contribution in [3.05, 3.63) is 12.3 Å². The molecule has 1 rings (SSSR count). The number of aromatic nitrogens is 2. The molecule has 0 radical (unpaired) electrons. The lowest BCUT2D eigenvalue weighted by Crippen LogP contribution is -2.33. The van der Waals surface area contributed by atoms with E-state index >= 15 is 0 Å². The monoisotopic (exact) mass is 245 g/mol. The van der Waals surface area contributed by atoms with E-state index in [9.17, 15) is 8.42 Å². The Labute approximate surface area is 96.7 Å². The Morgan fingerprint density at radius 3 is 2.56 bits per heavy atom. The first-order chi connectivity index (χ1) is 7.42. The molecule has 1 heterocycles. The number of rotatable bonds is 6. The van der Waals surface area contributed by atoms with Gasteiger partial charge in [-0.3, -0.25) is 5.10 Å². The Bertz CT molecular complexity index is 398. The predicted molar refractivity (Wildman–Crippen MR) is 62.4 cm³/mol. The van der Waals surface area contributed by atoms with Gasteiger partial charge < -0.3 is 0 Å². The molecule has 1 aromatic rings. The lowest BCUT2D eigenvalue weighted by atomic mass is 10.1. The maximum absolute atomic E-state index is 11.8. The van der Waals surface area contributed by atoms with Crippen LogP contribution in [0.15, 0.2) is 17.3 Å². The molecule has 6 heteroatoms. The molecular weight excluding hydrogens is 226 g/mol. The molecule has 5 nitrogen and oxygen atoms in total. The highest BCUT2D eigenvalue weighted by molar-refractivity contribution is 7.89. The van der Waals surface area contributed by atoms with Gasteiger partial charge in [-0.05, 0) is 31.7 Å². The summed E-state index contributed by atoms with van der Waals surface area (Å²) in [5.74, 6) is 0.583. The Kier molecular flexibility index (Phi) is 4.49. The van der Waals surface area contributed by atoms with Crippen molar-refractivity contribution in [1.82, 2.24) is 14.9 Å². The van der Waals surface area contributed by atoms with Crippen LogP contribution in [0.5, 0.6) is 0 Å². The van der Waals surface area contributed by atoms with E-state index in [0.29, 0.717) is 5.92 Å². The number of hydrogen-bond acceptors (Lipinski definition) is 3. The second-order valence-electron chi connectivity index (χ2n) is 4.41. The molecule has 0 saturated heterocycles. The van der Waals surface area contributed by atoms with Gasteiger partial charge in [0.1, 0.15) is 0 Å². The molecule has 0 amide bonds. The molecule has 16 heavy (non-hydrogen) atoms. The van der Waals surface area contributed by atoms with Gasteiger partial charge in [-0.2, -0.15) is 5.10 Å². The molecule has 0 spiro atoms. The fourth-order valence-corrected chi connectivity index (χ4v) is 2.55. The fraction of sp³-hybridized carbons (Fsp3) is 0.700. The maximum Gasteiger partial charge on any atom is 0.257 e. The minimum absolute atomic E-state index is 0.0595. The first-order valence-electron chi connectivity index (χ1n) is 5.43. The predicted octanol–water partition coefficient (Wildman–Crippen LogP) is 1.51. The van der Waals surface area contributed by atoms with E-state index in [4.69, 9.17) is 0 Å². The largest absolute Gasteiger partial charge is 0.266 e. The van der Waals surface area contributed by atoms with Crippen molar-refractivity contribution in [1.29, 1.82) is 0 Å². The Morgan fingerprint density at radius 1 is 1.38 bits per heavy atom. The normalized spacial score (nSPS) is 14.2. The van der Waals surface area contributed by atoms with E-state index in [-0.39, 0.29) is 11.1 Å². The highest BCUT2D eigenvalue weighted by atomic mass is 32.2. The highest BCUT2D eigenvalue weighted by Crippen LogP contribution is 2.09. The Hall–Kier alpha value is -0.880. The van der Waals surface area contributed by atoms with Gasteiger partial charge in [0.05, 0.1) is 6.20 Å². The summed E-state index contributed by atoms with van der Waals surface area (Å²) >= 11 is 0. The van der Waals surface area contributed by atoms with E-state index in [1.54, 1.807) is 0 Å². The molecule has 1 aromatic heterocycles. The zero-order valence-electron chi connectivity index (χ0n) is 9.90. The van der Waals surface area contributed by atoms with Crippen molar-refractivity contribution in [3.8, 4) is 0 Å². The summed E-state index contributed by atoms with van der Waals surface area (Å²) in [6.07, 6.45) is 3.27. The summed E-state index contributed by atoms with van der Waals surface area (Å²) in [6.45, 7) is 6.11. The number of sulfonamides is 1. The number of H-pyrrole nitrogens is 1. The summed E-state index contributed by atoms with van der Waals surface area (Å²) < 4.78 is 26.1. The maximum atomic E-state index is 11.8. The van der Waals surface area contributed by atoms with Crippen LogP contribution in [0.25, 0.3) is 0 Å². The highest BCUT2D eigenvalue weighted by Gasteiger charge is 2.18. The second kappa shape index (κ2) is 5.45. The number of aromatic amines is 1. The van der Waals surface area contributed by atoms with Gasteiger partial charge in [-0.15, -0.1) is 0 Å². The van der Waals surface area contributed by atoms with E-state index in [1.165, 1.54) is 12.3 Å². The van der Waals surface area contributed by atoms with E-state index in [2.05, 4.69) is 28.8 Å². The van der Waals surface area contributed by atoms with Crippen LogP contribution in [0.2, 0.25) is 0 Å². The third-order valence-corrected chi connectivity index (χ3v) is 3.82. The molecule has 92 valence electrons. The van der Waals surface area contributed by atoms with Gasteiger partial charge in [0.2, 0.25) is 0 Å². The average Bonchev–Trinajstić information content (AvgIpc) is 2.67. The Morgan fingerprint density at radius 2 is 2.06 bits per heavy atom. The molecule has 0 fully saturated rings. The van der Waals surface area contributed by atoms with Crippen LogP contribution in [-0.2, 0) is 10.0 Å². The van der Waals surface area contributed by atoms with Gasteiger partial charge in [0, 0.05) is 6.04 Å². The molecule has 0 aliphatic heterocycles. The van der Waals surface area contributed by atoms with Crippen LogP contribution < -0.4 is 4.72 Å². The van der Waals surface area contributed by atoms with Gasteiger partial charge in [0.25, 0.3) is 10.0 Å². The van der Waals surface area contributed by atoms with Crippen LogP contribution in [0.3, 0.4) is 0 Å². The summed E-state index contributed by atoms with van der Waals surface area (Å²) in [5.41, 5.74) is 0. The summed E-state index contributed by atoms with van der Waals surface area (Å²) in [4.78, 5) is 0. The number of nitrogens with one attached hydrogen (secondary N) is 2. The summed E-state index contributed by atoms with van der Waals surface area (Å²) in [7, 11) is -3.43. The lowest BCUT2D eigenvalue weighted by molar-refractivity contribution is 0.484. The van der Waals surface area contributed by atoms with Crippen molar-refractivity contribution < 1.29 is 8.42 Å². The molecule has 0 aliphatic rings. The summed E-state index contributed by atoms with van der Waals surface area (Å²) in [6, 6.07) is 1.38. The molecular formula is C10H19N3O2S. The first-order valence-corrected chi connectivity index (χ1v) is 6.92. The van der Waals surface area contributed by atoms with Gasteiger partial charge in [-0.1, -0.05) is 13.8 Å². The standard InChI is InChI=1S/C10H19N3O2S/c1-8(2)4-5-9(3)13-16(14,15)10-6-7-11-12-10/h6-9,13H,4-5H2,1-3H3,(H,11,12). The molecule has 0 bridgehead atoms. The smallest absolute Gasteiger partial charge is 0.257 e. The van der Waals surface area contributed by atoms with E-state index in [1.807, 2.05) is 6.92 Å². The van der Waals surface area contributed by atoms with Crippen molar-refractivity contribution in [2.75, 3.05) is 0 Å². The van der Waals surface area contributed by atoms with Crippen molar-refractivity contribution >= 4 is 10.0 Å². The molecule has 0 aromatic carbocycles. The molecule has 2 N–H and O–H groups in total. The number of hydrogen-bond donors (Lipinski definition) is 2. The lowest BCUT2D eigenvalue weighted by Gasteiger charge is -2.14. The molecule has 0 aliphatic carbocycles.